The number of hydrogen-bond donors (Lipinski definition) is 1. The quantitative estimate of drug-likeness (QED) is 0.610. The highest BCUT2D eigenvalue weighted by molar-refractivity contribution is 7.89. The maximum Gasteiger partial charge on any atom is 0.258 e. The number of nitrogens with zero attached hydrogens (tertiary/aromatic N) is 3. The summed E-state index contributed by atoms with van der Waals surface area (Å²) in [5.74, 6) is 0.524. The zero-order valence-electron chi connectivity index (χ0n) is 15.6. The van der Waals surface area contributed by atoms with E-state index in [2.05, 4.69) is 9.97 Å². The van der Waals surface area contributed by atoms with Gasteiger partial charge in [0.2, 0.25) is 10.0 Å². The van der Waals surface area contributed by atoms with Gasteiger partial charge in [0.1, 0.15) is 5.82 Å². The predicted molar refractivity (Wildman–Crippen MR) is 118 cm³/mol. The van der Waals surface area contributed by atoms with E-state index < -0.39 is 10.0 Å². The van der Waals surface area contributed by atoms with Crippen molar-refractivity contribution in [1.82, 2.24) is 19.2 Å². The summed E-state index contributed by atoms with van der Waals surface area (Å²) in [5.41, 5.74) is 0.317. The summed E-state index contributed by atoms with van der Waals surface area (Å²) < 4.78 is 27.2. The minimum Gasteiger partial charge on any atom is -0.309 e. The van der Waals surface area contributed by atoms with Crippen molar-refractivity contribution in [3.05, 3.63) is 67.6 Å². The number of benzene rings is 2. The average Bonchev–Trinajstić information content (AvgIpc) is 2.71. The molecule has 30 heavy (non-hydrogen) atoms. The van der Waals surface area contributed by atoms with Crippen molar-refractivity contribution in [3.63, 3.8) is 0 Å². The Bertz CT molecular complexity index is 1270. The van der Waals surface area contributed by atoms with E-state index in [9.17, 15) is 13.2 Å². The summed E-state index contributed by atoms with van der Waals surface area (Å²) in [7, 11) is -3.66. The van der Waals surface area contributed by atoms with Crippen molar-refractivity contribution >= 4 is 55.7 Å². The minimum atomic E-state index is -3.66. The van der Waals surface area contributed by atoms with Crippen molar-refractivity contribution in [2.24, 2.45) is 0 Å². The molecule has 0 amide bonds. The molecule has 1 aromatic heterocycles. The normalized spacial score (nSPS) is 16.2. The fourth-order valence-corrected chi connectivity index (χ4v) is 5.34. The van der Waals surface area contributed by atoms with E-state index in [1.165, 1.54) is 22.5 Å². The lowest BCUT2D eigenvalue weighted by Gasteiger charge is -2.33. The van der Waals surface area contributed by atoms with Gasteiger partial charge in [-0.25, -0.2) is 13.4 Å². The van der Waals surface area contributed by atoms with Gasteiger partial charge in [-0.3, -0.25) is 9.69 Å². The van der Waals surface area contributed by atoms with Crippen molar-refractivity contribution in [2.45, 2.75) is 11.4 Å². The smallest absolute Gasteiger partial charge is 0.258 e. The first kappa shape index (κ1) is 21.5. The van der Waals surface area contributed by atoms with Gasteiger partial charge in [0.05, 0.1) is 32.4 Å². The van der Waals surface area contributed by atoms with Crippen molar-refractivity contribution in [2.75, 3.05) is 26.2 Å². The van der Waals surface area contributed by atoms with E-state index in [1.807, 2.05) is 4.90 Å². The number of hydrogen-bond acceptors (Lipinski definition) is 5. The highest BCUT2D eigenvalue weighted by Crippen LogP contribution is 2.27. The van der Waals surface area contributed by atoms with Gasteiger partial charge in [0, 0.05) is 31.2 Å². The molecule has 0 atom stereocenters. The molecule has 158 valence electrons. The third kappa shape index (κ3) is 4.34. The molecular weight excluding hydrogens is 471 g/mol. The van der Waals surface area contributed by atoms with Gasteiger partial charge in [0.25, 0.3) is 5.56 Å². The van der Waals surface area contributed by atoms with Crippen LogP contribution in [0.3, 0.4) is 0 Å². The molecule has 0 spiro atoms. The molecule has 0 aliphatic carbocycles. The zero-order valence-corrected chi connectivity index (χ0v) is 18.7. The third-order valence-electron chi connectivity index (χ3n) is 4.95. The predicted octanol–water partition coefficient (Wildman–Crippen LogP) is 3.39. The summed E-state index contributed by atoms with van der Waals surface area (Å²) in [5, 5.41) is 1.41. The molecule has 0 unspecified atom stereocenters. The second kappa shape index (κ2) is 8.45. The fraction of sp³-hybridized carbons (Fsp3) is 0.263. The third-order valence-corrected chi connectivity index (χ3v) is 7.82. The molecular formula is C19H17Cl3N4O3S. The Labute approximate surface area is 188 Å². The number of rotatable bonds is 4. The Morgan fingerprint density at radius 2 is 1.70 bits per heavy atom. The summed E-state index contributed by atoms with van der Waals surface area (Å²) in [6.07, 6.45) is 0. The number of halogens is 3. The Morgan fingerprint density at radius 3 is 2.40 bits per heavy atom. The van der Waals surface area contributed by atoms with Crippen molar-refractivity contribution < 1.29 is 8.42 Å². The Hall–Kier alpha value is -1.68. The number of aromatic amines is 1. The first-order chi connectivity index (χ1) is 14.2. The molecule has 0 radical (unpaired) electrons. The van der Waals surface area contributed by atoms with E-state index >= 15 is 0 Å². The van der Waals surface area contributed by atoms with E-state index in [4.69, 9.17) is 34.8 Å². The fourth-order valence-electron chi connectivity index (χ4n) is 3.36. The number of piperazine rings is 1. The maximum absolute atomic E-state index is 12.9. The first-order valence-electron chi connectivity index (χ1n) is 9.10. The van der Waals surface area contributed by atoms with Gasteiger partial charge in [-0.2, -0.15) is 4.31 Å². The summed E-state index contributed by atoms with van der Waals surface area (Å²) >= 11 is 17.8. The van der Waals surface area contributed by atoms with Gasteiger partial charge >= 0.3 is 0 Å². The number of aromatic nitrogens is 2. The zero-order chi connectivity index (χ0) is 21.5. The molecule has 4 rings (SSSR count). The largest absolute Gasteiger partial charge is 0.309 e. The first-order valence-corrected chi connectivity index (χ1v) is 11.7. The van der Waals surface area contributed by atoms with Crippen LogP contribution in [-0.2, 0) is 16.6 Å². The van der Waals surface area contributed by atoms with Gasteiger partial charge < -0.3 is 4.98 Å². The molecule has 2 aromatic carbocycles. The van der Waals surface area contributed by atoms with Gasteiger partial charge in [-0.15, -0.1) is 0 Å². The van der Waals surface area contributed by atoms with Crippen LogP contribution in [0.25, 0.3) is 10.9 Å². The number of nitrogens with one attached hydrogen (secondary N) is 1. The van der Waals surface area contributed by atoms with Crippen molar-refractivity contribution in [1.29, 1.82) is 0 Å². The van der Waals surface area contributed by atoms with Crippen LogP contribution in [0.5, 0.6) is 0 Å². The Balaban J connectivity index is 1.46. The molecule has 0 bridgehead atoms. The van der Waals surface area contributed by atoms with Gasteiger partial charge in [-0.05, 0) is 36.4 Å². The minimum absolute atomic E-state index is 0.115. The molecule has 1 saturated heterocycles. The van der Waals surface area contributed by atoms with E-state index in [0.29, 0.717) is 59.5 Å². The average molecular weight is 488 g/mol. The number of fused-ring (bicyclic) bond motifs is 1. The van der Waals surface area contributed by atoms with E-state index in [0.717, 1.165) is 0 Å². The van der Waals surface area contributed by atoms with Crippen LogP contribution in [-0.4, -0.2) is 53.8 Å². The highest BCUT2D eigenvalue weighted by atomic mass is 35.5. The van der Waals surface area contributed by atoms with Gasteiger partial charge in [-0.1, -0.05) is 34.8 Å². The SMILES string of the molecule is O=c1[nH]c(CN2CCN(S(=O)(=O)c3ccc(Cl)c(Cl)c3)CC2)nc2ccc(Cl)cc12. The molecule has 1 aliphatic rings. The second-order valence-corrected chi connectivity index (χ2v) is 10.1. The molecule has 3 aromatic rings. The van der Waals surface area contributed by atoms with Crippen LogP contribution in [0, 0.1) is 0 Å². The Kier molecular flexibility index (Phi) is 6.07. The van der Waals surface area contributed by atoms with Crippen LogP contribution in [0.1, 0.15) is 5.82 Å². The number of sulfonamides is 1. The number of H-pyrrole nitrogens is 1. The maximum atomic E-state index is 12.9. The molecule has 2 heterocycles. The van der Waals surface area contributed by atoms with E-state index in [-0.39, 0.29) is 15.5 Å². The lowest BCUT2D eigenvalue weighted by atomic mass is 10.2. The lowest BCUT2D eigenvalue weighted by Crippen LogP contribution is -2.48. The van der Waals surface area contributed by atoms with Crippen LogP contribution < -0.4 is 5.56 Å². The van der Waals surface area contributed by atoms with Gasteiger partial charge in [0.15, 0.2) is 0 Å². The van der Waals surface area contributed by atoms with Crippen LogP contribution in [0.2, 0.25) is 15.1 Å². The van der Waals surface area contributed by atoms with Crippen LogP contribution >= 0.6 is 34.8 Å². The molecule has 7 nitrogen and oxygen atoms in total. The van der Waals surface area contributed by atoms with Crippen LogP contribution in [0.4, 0.5) is 0 Å². The molecule has 0 saturated carbocycles. The molecule has 1 N–H and O–H groups in total. The molecule has 1 aliphatic heterocycles. The summed E-state index contributed by atoms with van der Waals surface area (Å²) in [6.45, 7) is 2.05. The highest BCUT2D eigenvalue weighted by Gasteiger charge is 2.29. The van der Waals surface area contributed by atoms with E-state index in [1.54, 1.807) is 18.2 Å². The van der Waals surface area contributed by atoms with Crippen LogP contribution in [0.15, 0.2) is 46.1 Å². The monoisotopic (exact) mass is 486 g/mol. The lowest BCUT2D eigenvalue weighted by molar-refractivity contribution is 0.178. The van der Waals surface area contributed by atoms with Crippen molar-refractivity contribution in [3.8, 4) is 0 Å². The standard InChI is InChI=1S/C19H17Cl3N4O3S/c20-12-1-4-17-14(9-12)19(27)24-18(23-17)11-25-5-7-26(8-6-25)30(28,29)13-2-3-15(21)16(22)10-13/h1-4,9-10H,5-8,11H2,(H,23,24,27). The topological polar surface area (TPSA) is 86.4 Å². The molecule has 1 fully saturated rings. The second-order valence-electron chi connectivity index (χ2n) is 6.93. The Morgan fingerprint density at radius 1 is 0.967 bits per heavy atom. The summed E-state index contributed by atoms with van der Waals surface area (Å²) in [4.78, 5) is 21.7. The summed E-state index contributed by atoms with van der Waals surface area (Å²) in [6, 6.07) is 9.26. The molecule has 11 heteroatoms.